The Hall–Kier alpha value is -3.45. The van der Waals surface area contributed by atoms with E-state index in [9.17, 15) is 22.8 Å². The van der Waals surface area contributed by atoms with Gasteiger partial charge in [0.25, 0.3) is 6.43 Å². The Morgan fingerprint density at radius 3 is 2.49 bits per heavy atom. The Balaban J connectivity index is 1.60. The fourth-order valence-electron chi connectivity index (χ4n) is 4.32. The summed E-state index contributed by atoms with van der Waals surface area (Å²) in [5.41, 5.74) is 1.16. The van der Waals surface area contributed by atoms with Crippen LogP contribution in [-0.2, 0) is 24.7 Å². The number of alkyl halides is 3. The highest BCUT2D eigenvalue weighted by molar-refractivity contribution is 6.30. The molecule has 4 rings (SSSR count). The van der Waals surface area contributed by atoms with E-state index in [-0.39, 0.29) is 24.8 Å². The van der Waals surface area contributed by atoms with Gasteiger partial charge in [0.15, 0.2) is 17.2 Å². The predicted molar refractivity (Wildman–Crippen MR) is 139 cm³/mol. The summed E-state index contributed by atoms with van der Waals surface area (Å²) in [6.45, 7) is 2.34. The summed E-state index contributed by atoms with van der Waals surface area (Å²) in [7, 11) is 1.93. The lowest BCUT2D eigenvalue weighted by molar-refractivity contribution is -0.128. The molecule has 0 aliphatic heterocycles. The van der Waals surface area contributed by atoms with Gasteiger partial charge in [0.1, 0.15) is 5.69 Å². The third kappa shape index (κ3) is 5.93. The lowest BCUT2D eigenvalue weighted by Gasteiger charge is -2.13. The number of halogens is 4. The summed E-state index contributed by atoms with van der Waals surface area (Å²) in [6.07, 6.45) is -1.84. The standard InChI is InChI=1S/C29H26ClF3N2O2/c1-29(2,33)26(37)10-8-18-12-22(27(28(31)32)34-16-18)25(36)13-17-7-9-23-20(11-17)15-24(35(23)3)19-5-4-6-21(30)14-19/h4-7,9,11-12,14-16,28H,8,10,13H2,1-3H3. The number of pyridine rings is 1. The maximum absolute atomic E-state index is 13.8. The molecule has 2 heterocycles. The van der Waals surface area contributed by atoms with Crippen LogP contribution in [0.25, 0.3) is 22.2 Å². The minimum absolute atomic E-state index is 0.0986. The van der Waals surface area contributed by atoms with E-state index in [1.807, 2.05) is 48.0 Å². The first-order valence-electron chi connectivity index (χ1n) is 11.8. The zero-order valence-corrected chi connectivity index (χ0v) is 21.5. The summed E-state index contributed by atoms with van der Waals surface area (Å²) in [5.74, 6) is -1.11. The average Bonchev–Trinajstić information content (AvgIpc) is 3.17. The second-order valence-corrected chi connectivity index (χ2v) is 10.0. The molecule has 0 spiro atoms. The molecule has 4 nitrogen and oxygen atoms in total. The first-order chi connectivity index (χ1) is 17.4. The van der Waals surface area contributed by atoms with Gasteiger partial charge in [0.05, 0.1) is 0 Å². The molecule has 2 aromatic carbocycles. The first kappa shape index (κ1) is 26.6. The summed E-state index contributed by atoms with van der Waals surface area (Å²) < 4.78 is 43.1. The number of Topliss-reactive ketones (excluding diaryl/α,β-unsaturated/α-hetero) is 2. The largest absolute Gasteiger partial charge is 0.344 e. The van der Waals surface area contributed by atoms with E-state index in [2.05, 4.69) is 4.98 Å². The number of aromatic nitrogens is 2. The molecule has 37 heavy (non-hydrogen) atoms. The molecule has 2 aromatic heterocycles. The number of aryl methyl sites for hydroxylation is 2. The molecule has 0 saturated carbocycles. The fraction of sp³-hybridized carbons (Fsp3) is 0.276. The van der Waals surface area contributed by atoms with E-state index < -0.39 is 29.4 Å². The topological polar surface area (TPSA) is 52.0 Å². The van der Waals surface area contributed by atoms with E-state index in [0.29, 0.717) is 16.1 Å². The second kappa shape index (κ2) is 10.5. The summed E-state index contributed by atoms with van der Waals surface area (Å²) in [5, 5.41) is 1.52. The number of carbonyl (C=O) groups excluding carboxylic acids is 2. The number of nitrogens with zero attached hydrogens (tertiary/aromatic N) is 2. The molecule has 0 N–H and O–H groups in total. The van der Waals surface area contributed by atoms with Crippen molar-refractivity contribution in [1.29, 1.82) is 0 Å². The van der Waals surface area contributed by atoms with E-state index in [0.717, 1.165) is 22.2 Å². The van der Waals surface area contributed by atoms with E-state index in [1.54, 1.807) is 12.1 Å². The van der Waals surface area contributed by atoms with Gasteiger partial charge in [-0.3, -0.25) is 14.6 Å². The van der Waals surface area contributed by atoms with Crippen LogP contribution in [-0.4, -0.2) is 26.8 Å². The Bertz CT molecular complexity index is 1490. The molecule has 192 valence electrons. The molecule has 0 aliphatic carbocycles. The van der Waals surface area contributed by atoms with Gasteiger partial charge in [-0.25, -0.2) is 13.2 Å². The minimum atomic E-state index is -2.93. The van der Waals surface area contributed by atoms with Crippen LogP contribution in [0.3, 0.4) is 0 Å². The van der Waals surface area contributed by atoms with Crippen molar-refractivity contribution in [3.8, 4) is 11.3 Å². The van der Waals surface area contributed by atoms with Gasteiger partial charge in [-0.15, -0.1) is 0 Å². The normalized spacial score (nSPS) is 11.9. The average molecular weight is 527 g/mol. The number of fused-ring (bicyclic) bond motifs is 1. The van der Waals surface area contributed by atoms with Gasteiger partial charge in [-0.05, 0) is 73.4 Å². The Morgan fingerprint density at radius 2 is 1.81 bits per heavy atom. The van der Waals surface area contributed by atoms with E-state index in [4.69, 9.17) is 11.6 Å². The monoisotopic (exact) mass is 526 g/mol. The summed E-state index contributed by atoms with van der Waals surface area (Å²) in [6, 6.07) is 16.4. The molecule has 0 radical (unpaired) electrons. The van der Waals surface area contributed by atoms with Crippen LogP contribution in [0.15, 0.2) is 60.8 Å². The van der Waals surface area contributed by atoms with Crippen LogP contribution in [0.2, 0.25) is 5.02 Å². The highest BCUT2D eigenvalue weighted by Crippen LogP contribution is 2.30. The number of carbonyl (C=O) groups is 2. The number of hydrogen-bond donors (Lipinski definition) is 0. The summed E-state index contributed by atoms with van der Waals surface area (Å²) in [4.78, 5) is 28.9. The van der Waals surface area contributed by atoms with Crippen LogP contribution in [0.1, 0.15) is 53.9 Å². The maximum Gasteiger partial charge on any atom is 0.281 e. The van der Waals surface area contributed by atoms with Crippen molar-refractivity contribution in [3.63, 3.8) is 0 Å². The van der Waals surface area contributed by atoms with Crippen molar-refractivity contribution in [1.82, 2.24) is 9.55 Å². The molecule has 0 atom stereocenters. The van der Waals surface area contributed by atoms with Crippen LogP contribution in [0.4, 0.5) is 13.2 Å². The van der Waals surface area contributed by atoms with Gasteiger partial charge in [-0.1, -0.05) is 29.8 Å². The van der Waals surface area contributed by atoms with Crippen LogP contribution in [0.5, 0.6) is 0 Å². The van der Waals surface area contributed by atoms with Crippen LogP contribution in [0, 0.1) is 0 Å². The molecule has 0 aliphatic rings. The molecule has 8 heteroatoms. The third-order valence-electron chi connectivity index (χ3n) is 6.38. The predicted octanol–water partition coefficient (Wildman–Crippen LogP) is 7.51. The van der Waals surface area contributed by atoms with Gasteiger partial charge in [0, 0.05) is 53.3 Å². The molecule has 0 unspecified atom stereocenters. The van der Waals surface area contributed by atoms with Crippen molar-refractivity contribution >= 4 is 34.1 Å². The molecule has 0 amide bonds. The molecular weight excluding hydrogens is 501 g/mol. The summed E-state index contributed by atoms with van der Waals surface area (Å²) >= 11 is 6.15. The molecule has 0 saturated heterocycles. The van der Waals surface area contributed by atoms with Gasteiger partial charge in [0.2, 0.25) is 0 Å². The van der Waals surface area contributed by atoms with Crippen LogP contribution >= 0.6 is 11.6 Å². The second-order valence-electron chi connectivity index (χ2n) is 9.56. The number of hydrogen-bond acceptors (Lipinski definition) is 3. The Morgan fingerprint density at radius 1 is 1.05 bits per heavy atom. The number of benzene rings is 2. The van der Waals surface area contributed by atoms with Crippen molar-refractivity contribution in [3.05, 3.63) is 88.2 Å². The lowest BCUT2D eigenvalue weighted by Crippen LogP contribution is -2.26. The molecule has 4 aromatic rings. The van der Waals surface area contributed by atoms with Gasteiger partial charge >= 0.3 is 0 Å². The lowest BCUT2D eigenvalue weighted by atomic mass is 9.96. The van der Waals surface area contributed by atoms with E-state index >= 15 is 0 Å². The molecule has 0 fully saturated rings. The highest BCUT2D eigenvalue weighted by Gasteiger charge is 2.26. The number of rotatable bonds is 9. The molecular formula is C29H26ClF3N2O2. The van der Waals surface area contributed by atoms with Crippen molar-refractivity contribution in [2.24, 2.45) is 7.05 Å². The van der Waals surface area contributed by atoms with Gasteiger partial charge < -0.3 is 4.57 Å². The van der Waals surface area contributed by atoms with Crippen molar-refractivity contribution in [2.75, 3.05) is 0 Å². The minimum Gasteiger partial charge on any atom is -0.344 e. The maximum atomic E-state index is 13.8. The quantitative estimate of drug-likeness (QED) is 0.212. The Labute approximate surface area is 218 Å². The first-order valence-corrected chi connectivity index (χ1v) is 12.2. The SMILES string of the molecule is Cn1c(-c2cccc(Cl)c2)cc2cc(CC(=O)c3cc(CCC(=O)C(C)(C)F)cnc3C(F)F)ccc21. The van der Waals surface area contributed by atoms with Gasteiger partial charge in [-0.2, -0.15) is 0 Å². The van der Waals surface area contributed by atoms with Crippen molar-refractivity contribution < 1.29 is 22.8 Å². The van der Waals surface area contributed by atoms with E-state index in [1.165, 1.54) is 26.1 Å². The van der Waals surface area contributed by atoms with Crippen LogP contribution < -0.4 is 0 Å². The highest BCUT2D eigenvalue weighted by atomic mass is 35.5. The Kier molecular flexibility index (Phi) is 7.55. The fourth-order valence-corrected chi connectivity index (χ4v) is 4.51. The zero-order valence-electron chi connectivity index (χ0n) is 20.7. The third-order valence-corrected chi connectivity index (χ3v) is 6.61. The van der Waals surface area contributed by atoms with Crippen molar-refractivity contribution in [2.45, 2.75) is 45.2 Å². The molecule has 0 bridgehead atoms. The smallest absolute Gasteiger partial charge is 0.281 e. The number of ketones is 2. The zero-order chi connectivity index (χ0) is 26.9.